The van der Waals surface area contributed by atoms with E-state index in [0.29, 0.717) is 12.3 Å². The molecule has 0 aliphatic carbocycles. The smallest absolute Gasteiger partial charge is 0.265 e. The summed E-state index contributed by atoms with van der Waals surface area (Å²) in [5, 5.41) is 2.64. The van der Waals surface area contributed by atoms with Crippen LogP contribution in [0.5, 0.6) is 0 Å². The number of amides is 1. The molecular formula is C6H8N2O. The van der Waals surface area contributed by atoms with Crippen molar-refractivity contribution in [3.63, 3.8) is 0 Å². The van der Waals surface area contributed by atoms with E-state index in [4.69, 9.17) is 0 Å². The number of nitrogens with one attached hydrogen (secondary N) is 1. The Labute approximate surface area is 53.5 Å². The van der Waals surface area contributed by atoms with Crippen LogP contribution < -0.4 is 5.32 Å². The maximum absolute atomic E-state index is 10.7. The van der Waals surface area contributed by atoms with E-state index < -0.39 is 0 Å². The van der Waals surface area contributed by atoms with Gasteiger partial charge in [-0.2, -0.15) is 0 Å². The monoisotopic (exact) mass is 124 g/mol. The standard InChI is InChI=1S/C6H8N2O/c1-5-6(9)8-4-2-3-7-5/h2-3H,4H2,1H3,(H,8,9). The lowest BCUT2D eigenvalue weighted by molar-refractivity contribution is -0.114. The molecule has 1 amide bonds. The average Bonchev–Trinajstić information content (AvgIpc) is 1.99. The van der Waals surface area contributed by atoms with Crippen LogP contribution in [0.4, 0.5) is 0 Å². The normalized spacial score (nSPS) is 18.3. The first kappa shape index (κ1) is 6.01. The third-order valence-corrected chi connectivity index (χ3v) is 1.08. The minimum Gasteiger partial charge on any atom is -0.347 e. The molecule has 9 heavy (non-hydrogen) atoms. The molecule has 0 radical (unpaired) electrons. The van der Waals surface area contributed by atoms with Crippen LogP contribution in [0, 0.1) is 0 Å². The van der Waals surface area contributed by atoms with Gasteiger partial charge < -0.3 is 5.32 Å². The lowest BCUT2D eigenvalue weighted by Crippen LogP contribution is -2.27. The minimum atomic E-state index is -0.0833. The summed E-state index contributed by atoms with van der Waals surface area (Å²) in [4.78, 5) is 14.6. The van der Waals surface area contributed by atoms with Gasteiger partial charge in [-0.15, -0.1) is 0 Å². The summed E-state index contributed by atoms with van der Waals surface area (Å²) < 4.78 is 0. The van der Waals surface area contributed by atoms with Crippen LogP contribution in [0.3, 0.4) is 0 Å². The molecule has 1 rings (SSSR count). The molecule has 0 aromatic rings. The Kier molecular flexibility index (Phi) is 1.63. The van der Waals surface area contributed by atoms with Crippen LogP contribution in [-0.4, -0.2) is 18.2 Å². The Morgan fingerprint density at radius 2 is 2.56 bits per heavy atom. The first-order valence-corrected chi connectivity index (χ1v) is 2.78. The third-order valence-electron chi connectivity index (χ3n) is 1.08. The summed E-state index contributed by atoms with van der Waals surface area (Å²) in [5.41, 5.74) is 0.517. The Morgan fingerprint density at radius 1 is 1.78 bits per heavy atom. The highest BCUT2D eigenvalue weighted by atomic mass is 16.1. The van der Waals surface area contributed by atoms with Gasteiger partial charge >= 0.3 is 0 Å². The average molecular weight is 124 g/mol. The molecule has 0 aromatic heterocycles. The van der Waals surface area contributed by atoms with Gasteiger partial charge in [0.1, 0.15) is 5.71 Å². The van der Waals surface area contributed by atoms with Crippen molar-refractivity contribution in [2.45, 2.75) is 6.92 Å². The van der Waals surface area contributed by atoms with Crippen molar-refractivity contribution in [2.75, 3.05) is 6.54 Å². The summed E-state index contributed by atoms with van der Waals surface area (Å²) in [6, 6.07) is 0. The molecule has 48 valence electrons. The van der Waals surface area contributed by atoms with E-state index in [1.54, 1.807) is 19.2 Å². The summed E-state index contributed by atoms with van der Waals surface area (Å²) >= 11 is 0. The molecule has 0 fully saturated rings. The Bertz CT molecular complexity index is 181. The van der Waals surface area contributed by atoms with Crippen molar-refractivity contribution in [2.24, 2.45) is 4.99 Å². The number of hydrogen-bond donors (Lipinski definition) is 1. The van der Waals surface area contributed by atoms with Crippen molar-refractivity contribution < 1.29 is 4.79 Å². The van der Waals surface area contributed by atoms with E-state index in [2.05, 4.69) is 10.3 Å². The van der Waals surface area contributed by atoms with Gasteiger partial charge in [-0.3, -0.25) is 9.79 Å². The molecule has 3 heteroatoms. The van der Waals surface area contributed by atoms with Crippen LogP contribution >= 0.6 is 0 Å². The number of rotatable bonds is 0. The second kappa shape index (κ2) is 2.44. The molecule has 0 unspecified atom stereocenters. The summed E-state index contributed by atoms with van der Waals surface area (Å²) in [7, 11) is 0. The van der Waals surface area contributed by atoms with E-state index in [0.717, 1.165) is 0 Å². The Morgan fingerprint density at radius 3 is 3.33 bits per heavy atom. The lowest BCUT2D eigenvalue weighted by Gasteiger charge is -1.94. The summed E-state index contributed by atoms with van der Waals surface area (Å²) in [6.45, 7) is 2.27. The number of aliphatic imine (C=N–C) groups is 1. The van der Waals surface area contributed by atoms with Gasteiger partial charge in [-0.05, 0) is 13.0 Å². The molecule has 0 aromatic carbocycles. The highest BCUT2D eigenvalue weighted by molar-refractivity contribution is 6.38. The first-order valence-electron chi connectivity index (χ1n) is 2.78. The predicted octanol–water partition coefficient (Wildman–Crippen LogP) is 0.0908. The molecule has 1 aliphatic rings. The lowest BCUT2D eigenvalue weighted by atomic mass is 10.4. The second-order valence-corrected chi connectivity index (χ2v) is 1.81. The van der Waals surface area contributed by atoms with Crippen LogP contribution in [0.2, 0.25) is 0 Å². The molecule has 3 nitrogen and oxygen atoms in total. The minimum absolute atomic E-state index is 0.0833. The number of hydrogen-bond acceptors (Lipinski definition) is 2. The van der Waals surface area contributed by atoms with Crippen molar-refractivity contribution in [3.05, 3.63) is 12.3 Å². The highest BCUT2D eigenvalue weighted by Crippen LogP contribution is 1.85. The van der Waals surface area contributed by atoms with Gasteiger partial charge in [0.25, 0.3) is 5.91 Å². The molecular weight excluding hydrogens is 116 g/mol. The molecule has 0 saturated carbocycles. The number of carbonyl (C=O) groups is 1. The zero-order valence-corrected chi connectivity index (χ0v) is 5.22. The fraction of sp³-hybridized carbons (Fsp3) is 0.333. The fourth-order valence-electron chi connectivity index (χ4n) is 0.555. The van der Waals surface area contributed by atoms with Crippen LogP contribution in [0.25, 0.3) is 0 Å². The zero-order chi connectivity index (χ0) is 6.69. The van der Waals surface area contributed by atoms with Gasteiger partial charge in [0, 0.05) is 12.7 Å². The van der Waals surface area contributed by atoms with E-state index >= 15 is 0 Å². The van der Waals surface area contributed by atoms with E-state index in [1.165, 1.54) is 0 Å². The molecule has 0 atom stereocenters. The summed E-state index contributed by atoms with van der Waals surface area (Å²) in [5.74, 6) is -0.0833. The predicted molar refractivity (Wildman–Crippen MR) is 35.3 cm³/mol. The largest absolute Gasteiger partial charge is 0.347 e. The van der Waals surface area contributed by atoms with Gasteiger partial charge in [0.2, 0.25) is 0 Å². The van der Waals surface area contributed by atoms with E-state index in [-0.39, 0.29) is 5.91 Å². The van der Waals surface area contributed by atoms with Gasteiger partial charge in [-0.25, -0.2) is 0 Å². The number of carbonyl (C=O) groups excluding carboxylic acids is 1. The topological polar surface area (TPSA) is 41.5 Å². The molecule has 1 heterocycles. The summed E-state index contributed by atoms with van der Waals surface area (Å²) in [6.07, 6.45) is 3.43. The zero-order valence-electron chi connectivity index (χ0n) is 5.22. The van der Waals surface area contributed by atoms with Gasteiger partial charge in [0.15, 0.2) is 0 Å². The SMILES string of the molecule is CC1=NC=CCNC1=O. The van der Waals surface area contributed by atoms with Crippen LogP contribution in [0.15, 0.2) is 17.3 Å². The van der Waals surface area contributed by atoms with Crippen molar-refractivity contribution in [1.29, 1.82) is 0 Å². The van der Waals surface area contributed by atoms with Crippen molar-refractivity contribution in [1.82, 2.24) is 5.32 Å². The maximum Gasteiger partial charge on any atom is 0.265 e. The van der Waals surface area contributed by atoms with Crippen LogP contribution in [-0.2, 0) is 4.79 Å². The fourth-order valence-corrected chi connectivity index (χ4v) is 0.555. The quantitative estimate of drug-likeness (QED) is 0.488. The molecule has 0 bridgehead atoms. The Hall–Kier alpha value is -1.12. The number of nitrogens with zero attached hydrogens (tertiary/aromatic N) is 1. The van der Waals surface area contributed by atoms with Crippen molar-refractivity contribution >= 4 is 11.6 Å². The molecule has 1 aliphatic heterocycles. The highest BCUT2D eigenvalue weighted by Gasteiger charge is 2.03. The van der Waals surface area contributed by atoms with E-state index in [1.807, 2.05) is 0 Å². The van der Waals surface area contributed by atoms with Crippen LogP contribution in [0.1, 0.15) is 6.92 Å². The third kappa shape index (κ3) is 1.38. The Balaban J connectivity index is 2.74. The molecule has 0 saturated heterocycles. The molecule has 0 spiro atoms. The maximum atomic E-state index is 10.7. The second-order valence-electron chi connectivity index (χ2n) is 1.81. The molecule has 1 N–H and O–H groups in total. The van der Waals surface area contributed by atoms with Gasteiger partial charge in [0.05, 0.1) is 0 Å². The van der Waals surface area contributed by atoms with Gasteiger partial charge in [-0.1, -0.05) is 0 Å². The van der Waals surface area contributed by atoms with E-state index in [9.17, 15) is 4.79 Å². The van der Waals surface area contributed by atoms with Crippen molar-refractivity contribution in [3.8, 4) is 0 Å². The first-order chi connectivity index (χ1) is 4.30.